The molecule has 0 fully saturated rings. The Labute approximate surface area is 119 Å². The molecule has 20 heavy (non-hydrogen) atoms. The number of hydrogen-bond donors (Lipinski definition) is 2. The minimum absolute atomic E-state index is 0.0325. The van der Waals surface area contributed by atoms with E-state index in [9.17, 15) is 17.2 Å². The van der Waals surface area contributed by atoms with Gasteiger partial charge in [0.2, 0.25) is 0 Å². The van der Waals surface area contributed by atoms with Gasteiger partial charge in [-0.15, -0.1) is 0 Å². The van der Waals surface area contributed by atoms with Gasteiger partial charge in [-0.05, 0) is 37.2 Å². The average molecular weight is 319 g/mol. The van der Waals surface area contributed by atoms with Crippen molar-refractivity contribution in [3.05, 3.63) is 29.3 Å². The van der Waals surface area contributed by atoms with E-state index in [-0.39, 0.29) is 39.9 Å². The summed E-state index contributed by atoms with van der Waals surface area (Å²) < 4.78 is 50.7. The lowest BCUT2D eigenvalue weighted by atomic mass is 10.1. The lowest BCUT2D eigenvalue weighted by Crippen LogP contribution is -2.25. The number of thiocarbonyl (C=S) groups is 1. The summed E-state index contributed by atoms with van der Waals surface area (Å²) in [5, 5.41) is 3.76. The lowest BCUT2D eigenvalue weighted by Gasteiger charge is -2.09. The van der Waals surface area contributed by atoms with Crippen molar-refractivity contribution >= 4 is 32.9 Å². The van der Waals surface area contributed by atoms with Gasteiger partial charge in [-0.1, -0.05) is 0 Å². The minimum atomic E-state index is -3.67. The fraction of sp³-hybridized carbons (Fsp3) is 0.273. The molecule has 0 atom stereocenters. The molecule has 9 heteroatoms. The third-order valence-electron chi connectivity index (χ3n) is 2.80. The van der Waals surface area contributed by atoms with E-state index in [1.807, 2.05) is 0 Å². The highest BCUT2D eigenvalue weighted by molar-refractivity contribution is 7.91. The molecule has 5 nitrogen and oxygen atoms in total. The molecular formula is C11H11F2N3O2S2. The van der Waals surface area contributed by atoms with Crippen LogP contribution in [0.25, 0.3) is 0 Å². The van der Waals surface area contributed by atoms with Crippen molar-refractivity contribution < 1.29 is 17.2 Å². The van der Waals surface area contributed by atoms with E-state index in [0.29, 0.717) is 6.07 Å². The number of nitrogens with zero attached hydrogens (tertiary/aromatic N) is 1. The van der Waals surface area contributed by atoms with Gasteiger partial charge in [0.15, 0.2) is 26.6 Å². The van der Waals surface area contributed by atoms with Crippen LogP contribution >= 0.6 is 12.2 Å². The molecule has 108 valence electrons. The van der Waals surface area contributed by atoms with Gasteiger partial charge in [0, 0.05) is 5.56 Å². The summed E-state index contributed by atoms with van der Waals surface area (Å²) in [6.45, 7) is 0. The minimum Gasteiger partial charge on any atom is -0.375 e. The van der Waals surface area contributed by atoms with Crippen LogP contribution in [-0.2, 0) is 9.84 Å². The van der Waals surface area contributed by atoms with Crippen LogP contribution < -0.4 is 11.2 Å². The second-order valence-electron chi connectivity index (χ2n) is 4.22. The highest BCUT2D eigenvalue weighted by atomic mass is 32.2. The normalized spacial score (nSPS) is 19.2. The molecule has 0 saturated carbocycles. The number of fused-ring (bicyclic) bond motifs is 1. The maximum atomic E-state index is 13.4. The molecule has 0 saturated heterocycles. The number of nitrogens with two attached hydrogens (primary N) is 1. The average Bonchev–Trinajstić information content (AvgIpc) is 2.46. The molecule has 2 rings (SSSR count). The molecule has 3 N–H and O–H groups in total. The van der Waals surface area contributed by atoms with Crippen LogP contribution in [0.2, 0.25) is 0 Å². The maximum Gasteiger partial charge on any atom is 0.184 e. The molecule has 0 aliphatic carbocycles. The van der Waals surface area contributed by atoms with Crippen molar-refractivity contribution in [2.45, 2.75) is 17.7 Å². The number of hydrogen-bond acceptors (Lipinski definition) is 4. The largest absolute Gasteiger partial charge is 0.375 e. The Morgan fingerprint density at radius 2 is 2.00 bits per heavy atom. The Bertz CT molecular complexity index is 702. The Balaban J connectivity index is 2.64. The molecule has 0 radical (unpaired) electrons. The van der Waals surface area contributed by atoms with Crippen LogP contribution in [0, 0.1) is 11.6 Å². The molecule has 0 aromatic heterocycles. The molecule has 1 aliphatic heterocycles. The zero-order valence-electron chi connectivity index (χ0n) is 10.2. The Morgan fingerprint density at radius 1 is 1.35 bits per heavy atom. The zero-order valence-corrected chi connectivity index (χ0v) is 11.8. The summed E-state index contributed by atoms with van der Waals surface area (Å²) in [6.07, 6.45) is 0.574. The predicted molar refractivity (Wildman–Crippen MR) is 74.1 cm³/mol. The highest BCUT2D eigenvalue weighted by Gasteiger charge is 2.27. The molecule has 1 heterocycles. The number of benzene rings is 1. The van der Waals surface area contributed by atoms with Gasteiger partial charge in [-0.3, -0.25) is 5.43 Å². The van der Waals surface area contributed by atoms with E-state index in [1.54, 1.807) is 0 Å². The summed E-state index contributed by atoms with van der Waals surface area (Å²) in [4.78, 5) is -0.266. The van der Waals surface area contributed by atoms with Crippen LogP contribution in [-0.4, -0.2) is 25.0 Å². The highest BCUT2D eigenvalue weighted by Crippen LogP contribution is 2.27. The number of rotatable bonds is 1. The molecule has 1 aromatic rings. The third kappa shape index (κ3) is 2.93. The molecule has 0 bridgehead atoms. The Kier molecular flexibility index (Phi) is 4.00. The van der Waals surface area contributed by atoms with Crippen molar-refractivity contribution in [3.63, 3.8) is 0 Å². The Morgan fingerprint density at radius 3 is 2.65 bits per heavy atom. The standard InChI is InChI=1S/C11H11F2N3O2S2/c12-7-4-6-9(15-16-11(14)19)2-1-3-20(17,18)10(6)5-8(7)13/h4-5H,1-3H2,(H3,14,16,19)/b15-9+. The van der Waals surface area contributed by atoms with Crippen molar-refractivity contribution in [2.75, 3.05) is 5.75 Å². The molecule has 0 spiro atoms. The quantitative estimate of drug-likeness (QED) is 0.459. The van der Waals surface area contributed by atoms with Gasteiger partial charge < -0.3 is 5.73 Å². The molecular weight excluding hydrogens is 308 g/mol. The molecule has 0 unspecified atom stereocenters. The smallest absolute Gasteiger partial charge is 0.184 e. The first-order chi connectivity index (χ1) is 9.31. The van der Waals surface area contributed by atoms with Crippen LogP contribution in [0.15, 0.2) is 22.1 Å². The van der Waals surface area contributed by atoms with Crippen LogP contribution in [0.5, 0.6) is 0 Å². The number of halogens is 2. The topological polar surface area (TPSA) is 84.5 Å². The SMILES string of the molecule is NC(=S)N/N=C1\CCCS(=O)(=O)c2cc(F)c(F)cc21. The number of nitrogens with one attached hydrogen (secondary N) is 1. The van der Waals surface area contributed by atoms with Crippen molar-refractivity contribution in [2.24, 2.45) is 10.8 Å². The van der Waals surface area contributed by atoms with Gasteiger partial charge in [0.05, 0.1) is 16.4 Å². The second-order valence-corrected chi connectivity index (χ2v) is 6.74. The summed E-state index contributed by atoms with van der Waals surface area (Å²) in [5.41, 5.74) is 7.87. The van der Waals surface area contributed by atoms with Crippen molar-refractivity contribution in [1.82, 2.24) is 5.43 Å². The number of sulfone groups is 1. The third-order valence-corrected chi connectivity index (χ3v) is 4.72. The molecule has 0 amide bonds. The van der Waals surface area contributed by atoms with Gasteiger partial charge in [-0.25, -0.2) is 17.2 Å². The summed E-state index contributed by atoms with van der Waals surface area (Å²) in [7, 11) is -3.67. The van der Waals surface area contributed by atoms with Crippen LogP contribution in [0.4, 0.5) is 8.78 Å². The van der Waals surface area contributed by atoms with E-state index in [1.165, 1.54) is 0 Å². The van der Waals surface area contributed by atoms with E-state index < -0.39 is 21.5 Å². The van der Waals surface area contributed by atoms with Gasteiger partial charge in [0.25, 0.3) is 0 Å². The van der Waals surface area contributed by atoms with Gasteiger partial charge in [0.1, 0.15) is 0 Å². The van der Waals surface area contributed by atoms with Gasteiger partial charge in [-0.2, -0.15) is 5.10 Å². The van der Waals surface area contributed by atoms with E-state index in [0.717, 1.165) is 6.07 Å². The molecule has 1 aliphatic rings. The van der Waals surface area contributed by atoms with Crippen molar-refractivity contribution in [1.29, 1.82) is 0 Å². The van der Waals surface area contributed by atoms with E-state index in [4.69, 9.17) is 5.73 Å². The first kappa shape index (κ1) is 14.8. The second kappa shape index (κ2) is 5.41. The van der Waals surface area contributed by atoms with E-state index >= 15 is 0 Å². The van der Waals surface area contributed by atoms with Crippen LogP contribution in [0.3, 0.4) is 0 Å². The van der Waals surface area contributed by atoms with Crippen molar-refractivity contribution in [3.8, 4) is 0 Å². The fourth-order valence-corrected chi connectivity index (χ4v) is 3.51. The molecule has 1 aromatic carbocycles. The maximum absolute atomic E-state index is 13.4. The summed E-state index contributed by atoms with van der Waals surface area (Å²) >= 11 is 4.60. The van der Waals surface area contributed by atoms with Gasteiger partial charge >= 0.3 is 0 Å². The summed E-state index contributed by atoms with van der Waals surface area (Å²) in [5.74, 6) is -2.50. The first-order valence-electron chi connectivity index (χ1n) is 5.65. The first-order valence-corrected chi connectivity index (χ1v) is 7.71. The summed E-state index contributed by atoms with van der Waals surface area (Å²) in [6, 6.07) is 1.51. The predicted octanol–water partition coefficient (Wildman–Crippen LogP) is 1.07. The lowest BCUT2D eigenvalue weighted by molar-refractivity contribution is 0.504. The fourth-order valence-electron chi connectivity index (χ4n) is 1.92. The van der Waals surface area contributed by atoms with E-state index in [2.05, 4.69) is 22.7 Å². The Hall–Kier alpha value is -1.61. The zero-order chi connectivity index (χ0) is 14.9. The number of hydrazone groups is 1. The van der Waals surface area contributed by atoms with Crippen LogP contribution in [0.1, 0.15) is 18.4 Å². The monoisotopic (exact) mass is 319 g/mol.